The zero-order valence-electron chi connectivity index (χ0n) is 9.20. The molecule has 0 saturated heterocycles. The smallest absolute Gasteiger partial charge is 0.345 e. The second kappa shape index (κ2) is 3.12. The van der Waals surface area contributed by atoms with Gasteiger partial charge in [0.05, 0.1) is 7.11 Å². The molecule has 5 nitrogen and oxygen atoms in total. The normalized spacial score (nSPS) is 22.9. The Morgan fingerprint density at radius 2 is 2.12 bits per heavy atom. The summed E-state index contributed by atoms with van der Waals surface area (Å²) in [7, 11) is 1.38. The van der Waals surface area contributed by atoms with Crippen LogP contribution < -0.4 is 4.74 Å². The van der Waals surface area contributed by atoms with Gasteiger partial charge < -0.3 is 19.7 Å². The van der Waals surface area contributed by atoms with Crippen molar-refractivity contribution < 1.29 is 24.5 Å². The van der Waals surface area contributed by atoms with Gasteiger partial charge in [0.25, 0.3) is 0 Å². The number of carbonyl (C=O) groups excluding carboxylic acids is 1. The molecule has 0 amide bonds. The van der Waals surface area contributed by atoms with Gasteiger partial charge in [-0.2, -0.15) is 0 Å². The second-order valence-electron chi connectivity index (χ2n) is 3.85. The Labute approximate surface area is 92.2 Å². The van der Waals surface area contributed by atoms with Crippen molar-refractivity contribution in [1.82, 2.24) is 0 Å². The lowest BCUT2D eigenvalue weighted by atomic mass is 9.96. The van der Waals surface area contributed by atoms with Crippen LogP contribution in [0.5, 0.6) is 11.5 Å². The molecule has 1 atom stereocenters. The molecule has 5 heteroatoms. The highest BCUT2D eigenvalue weighted by Gasteiger charge is 2.44. The van der Waals surface area contributed by atoms with E-state index in [4.69, 9.17) is 9.47 Å². The summed E-state index contributed by atoms with van der Waals surface area (Å²) in [6.07, 6.45) is 0. The Morgan fingerprint density at radius 1 is 1.50 bits per heavy atom. The zero-order valence-corrected chi connectivity index (χ0v) is 9.20. The lowest BCUT2D eigenvalue weighted by molar-refractivity contribution is -0.147. The summed E-state index contributed by atoms with van der Waals surface area (Å²) < 4.78 is 9.81. The maximum atomic E-state index is 11.6. The average molecular weight is 224 g/mol. The van der Waals surface area contributed by atoms with Gasteiger partial charge in [0.1, 0.15) is 17.1 Å². The van der Waals surface area contributed by atoms with Crippen molar-refractivity contribution in [2.24, 2.45) is 0 Å². The van der Waals surface area contributed by atoms with Crippen LogP contribution in [0.4, 0.5) is 0 Å². The molecule has 1 unspecified atom stereocenters. The first-order chi connectivity index (χ1) is 7.38. The van der Waals surface area contributed by atoms with Gasteiger partial charge in [-0.1, -0.05) is 0 Å². The predicted molar refractivity (Wildman–Crippen MR) is 54.4 cm³/mol. The summed E-state index contributed by atoms with van der Waals surface area (Å²) in [5.74, 6) is -2.22. The van der Waals surface area contributed by atoms with Crippen molar-refractivity contribution in [2.45, 2.75) is 19.6 Å². The number of fused-ring (bicyclic) bond motifs is 1. The minimum absolute atomic E-state index is 0.0471. The fourth-order valence-electron chi connectivity index (χ4n) is 1.97. The van der Waals surface area contributed by atoms with Crippen molar-refractivity contribution in [3.63, 3.8) is 0 Å². The van der Waals surface area contributed by atoms with E-state index in [2.05, 4.69) is 0 Å². The second-order valence-corrected chi connectivity index (χ2v) is 3.85. The van der Waals surface area contributed by atoms with Crippen LogP contribution in [0.15, 0.2) is 6.07 Å². The summed E-state index contributed by atoms with van der Waals surface area (Å²) in [4.78, 5) is 11.6. The maximum Gasteiger partial charge on any atom is 0.345 e. The first-order valence-corrected chi connectivity index (χ1v) is 4.75. The van der Waals surface area contributed by atoms with E-state index in [-0.39, 0.29) is 22.6 Å². The molecule has 86 valence electrons. The van der Waals surface area contributed by atoms with Crippen LogP contribution in [-0.4, -0.2) is 23.3 Å². The van der Waals surface area contributed by atoms with E-state index in [1.807, 2.05) is 0 Å². The van der Waals surface area contributed by atoms with E-state index in [1.54, 1.807) is 6.92 Å². The fourth-order valence-corrected chi connectivity index (χ4v) is 1.97. The SMILES string of the molecule is COc1cc(O)c(C)c2c1C(=O)OC2(C)O. The molecule has 1 aromatic carbocycles. The van der Waals surface area contributed by atoms with Crippen LogP contribution in [0, 0.1) is 6.92 Å². The summed E-state index contributed by atoms with van der Waals surface area (Å²) in [6, 6.07) is 1.33. The Kier molecular flexibility index (Phi) is 2.10. The number of esters is 1. The van der Waals surface area contributed by atoms with E-state index < -0.39 is 11.8 Å². The minimum atomic E-state index is -1.72. The molecule has 1 aromatic rings. The third kappa shape index (κ3) is 1.25. The summed E-state index contributed by atoms with van der Waals surface area (Å²) in [5, 5.41) is 19.6. The molecule has 0 fully saturated rings. The minimum Gasteiger partial charge on any atom is -0.508 e. The van der Waals surface area contributed by atoms with Gasteiger partial charge in [0.15, 0.2) is 0 Å². The number of carbonyl (C=O) groups is 1. The number of ether oxygens (including phenoxy) is 2. The lowest BCUT2D eigenvalue weighted by Gasteiger charge is -2.18. The Hall–Kier alpha value is -1.75. The topological polar surface area (TPSA) is 76.0 Å². The Morgan fingerprint density at radius 3 is 2.69 bits per heavy atom. The molecule has 0 saturated carbocycles. The quantitative estimate of drug-likeness (QED) is 0.697. The molecular formula is C11H12O5. The first kappa shape index (κ1) is 10.8. The van der Waals surface area contributed by atoms with E-state index >= 15 is 0 Å². The molecule has 0 spiro atoms. The number of cyclic esters (lactones) is 1. The average Bonchev–Trinajstić information content (AvgIpc) is 2.42. The van der Waals surface area contributed by atoms with Gasteiger partial charge in [0, 0.05) is 24.1 Å². The van der Waals surface area contributed by atoms with Crippen LogP contribution in [0.25, 0.3) is 0 Å². The van der Waals surface area contributed by atoms with Gasteiger partial charge in [-0.05, 0) is 6.92 Å². The number of hydrogen-bond donors (Lipinski definition) is 2. The Bertz CT molecular complexity index is 476. The molecule has 0 aliphatic carbocycles. The third-order valence-electron chi connectivity index (χ3n) is 2.70. The zero-order chi connectivity index (χ0) is 12.1. The molecule has 0 radical (unpaired) electrons. The largest absolute Gasteiger partial charge is 0.508 e. The summed E-state index contributed by atoms with van der Waals surface area (Å²) in [5.41, 5.74) is 0.837. The van der Waals surface area contributed by atoms with E-state index in [0.717, 1.165) is 0 Å². The third-order valence-corrected chi connectivity index (χ3v) is 2.70. The van der Waals surface area contributed by atoms with Crippen molar-refractivity contribution in [2.75, 3.05) is 7.11 Å². The van der Waals surface area contributed by atoms with E-state index in [0.29, 0.717) is 5.56 Å². The maximum absolute atomic E-state index is 11.6. The number of rotatable bonds is 1. The summed E-state index contributed by atoms with van der Waals surface area (Å²) >= 11 is 0. The van der Waals surface area contributed by atoms with E-state index in [9.17, 15) is 15.0 Å². The van der Waals surface area contributed by atoms with E-state index in [1.165, 1.54) is 20.1 Å². The number of hydrogen-bond acceptors (Lipinski definition) is 5. The van der Waals surface area contributed by atoms with Gasteiger partial charge in [0.2, 0.25) is 5.79 Å². The number of aliphatic hydroxyl groups is 1. The number of benzene rings is 1. The molecule has 2 N–H and O–H groups in total. The van der Waals surface area contributed by atoms with Crippen LogP contribution in [0.1, 0.15) is 28.4 Å². The van der Waals surface area contributed by atoms with Crippen LogP contribution in [-0.2, 0) is 10.5 Å². The van der Waals surface area contributed by atoms with Crippen LogP contribution in [0.2, 0.25) is 0 Å². The fraction of sp³-hybridized carbons (Fsp3) is 0.364. The number of phenolic OH excluding ortho intramolecular Hbond substituents is 1. The standard InChI is InChI=1S/C11H12O5/c1-5-6(12)4-7(15-3)8-9(5)11(2,14)16-10(8)13/h4,12,14H,1-3H3. The summed E-state index contributed by atoms with van der Waals surface area (Å²) in [6.45, 7) is 2.95. The monoisotopic (exact) mass is 224 g/mol. The van der Waals surface area contributed by atoms with Gasteiger partial charge in [-0.25, -0.2) is 4.79 Å². The highest BCUT2D eigenvalue weighted by Crippen LogP contribution is 2.44. The number of phenols is 1. The van der Waals surface area contributed by atoms with Gasteiger partial charge in [-0.15, -0.1) is 0 Å². The predicted octanol–water partition coefficient (Wildman–Crippen LogP) is 1.04. The van der Waals surface area contributed by atoms with Crippen LogP contribution in [0.3, 0.4) is 0 Å². The highest BCUT2D eigenvalue weighted by molar-refractivity contribution is 5.98. The molecule has 2 rings (SSSR count). The molecule has 0 aromatic heterocycles. The molecule has 1 heterocycles. The highest BCUT2D eigenvalue weighted by atomic mass is 16.7. The van der Waals surface area contributed by atoms with Crippen molar-refractivity contribution in [3.8, 4) is 11.5 Å². The first-order valence-electron chi connectivity index (χ1n) is 4.75. The lowest BCUT2D eigenvalue weighted by Crippen LogP contribution is -2.21. The molecule has 1 aliphatic heterocycles. The molecular weight excluding hydrogens is 212 g/mol. The van der Waals surface area contributed by atoms with Crippen molar-refractivity contribution in [1.29, 1.82) is 0 Å². The van der Waals surface area contributed by atoms with Crippen LogP contribution >= 0.6 is 0 Å². The molecule has 1 aliphatic rings. The molecule has 16 heavy (non-hydrogen) atoms. The van der Waals surface area contributed by atoms with Crippen molar-refractivity contribution in [3.05, 3.63) is 22.8 Å². The number of aromatic hydroxyl groups is 1. The van der Waals surface area contributed by atoms with Gasteiger partial charge >= 0.3 is 5.97 Å². The Balaban J connectivity index is 2.83. The molecule has 0 bridgehead atoms. The van der Waals surface area contributed by atoms with Crippen molar-refractivity contribution >= 4 is 5.97 Å². The van der Waals surface area contributed by atoms with Gasteiger partial charge in [-0.3, -0.25) is 0 Å². The number of methoxy groups -OCH3 is 1.